The molecule has 0 heterocycles. The first-order chi connectivity index (χ1) is 12.0. The third-order valence-corrected chi connectivity index (χ3v) is 3.41. The van der Waals surface area contributed by atoms with Crippen LogP contribution < -0.4 is 10.1 Å². The van der Waals surface area contributed by atoms with Crippen LogP contribution in [0, 0.1) is 5.82 Å². The monoisotopic (exact) mass is 347 g/mol. The van der Waals surface area contributed by atoms with E-state index in [9.17, 15) is 19.1 Å². The molecule has 0 unspecified atom stereocenters. The third-order valence-electron chi connectivity index (χ3n) is 3.41. The molecule has 0 saturated heterocycles. The fourth-order valence-corrected chi connectivity index (χ4v) is 2.07. The first kappa shape index (κ1) is 18.3. The Labute approximate surface area is 144 Å². The van der Waals surface area contributed by atoms with Crippen LogP contribution in [0.1, 0.15) is 15.9 Å². The van der Waals surface area contributed by atoms with E-state index in [0.717, 1.165) is 5.56 Å². The molecular formula is C18H18FNO5. The summed E-state index contributed by atoms with van der Waals surface area (Å²) in [5.41, 5.74) is 0.821. The van der Waals surface area contributed by atoms with Crippen molar-refractivity contribution in [2.45, 2.75) is 6.42 Å². The van der Waals surface area contributed by atoms with Gasteiger partial charge in [0.2, 0.25) is 0 Å². The van der Waals surface area contributed by atoms with Gasteiger partial charge < -0.3 is 19.9 Å². The van der Waals surface area contributed by atoms with Gasteiger partial charge >= 0.3 is 5.97 Å². The van der Waals surface area contributed by atoms with Gasteiger partial charge in [-0.25, -0.2) is 9.18 Å². The van der Waals surface area contributed by atoms with E-state index in [2.05, 4.69) is 5.32 Å². The summed E-state index contributed by atoms with van der Waals surface area (Å²) in [6.07, 6.45) is 0.527. The van der Waals surface area contributed by atoms with Gasteiger partial charge in [-0.05, 0) is 36.2 Å². The lowest BCUT2D eigenvalue weighted by atomic mass is 10.1. The number of hydrogen-bond acceptors (Lipinski definition) is 5. The number of amides is 1. The van der Waals surface area contributed by atoms with Crippen molar-refractivity contribution in [1.29, 1.82) is 0 Å². The molecular weight excluding hydrogens is 329 g/mol. The molecule has 0 bridgehead atoms. The van der Waals surface area contributed by atoms with Gasteiger partial charge in [-0.15, -0.1) is 0 Å². The van der Waals surface area contributed by atoms with Crippen LogP contribution in [0.2, 0.25) is 0 Å². The number of aromatic hydroxyl groups is 1. The molecule has 0 fully saturated rings. The zero-order chi connectivity index (χ0) is 18.2. The number of carbonyl (C=O) groups excluding carboxylic acids is 2. The van der Waals surface area contributed by atoms with Crippen molar-refractivity contribution in [3.05, 3.63) is 59.4 Å². The van der Waals surface area contributed by atoms with Gasteiger partial charge in [-0.3, -0.25) is 4.79 Å². The molecule has 6 nitrogen and oxygen atoms in total. The number of phenolic OH excluding ortho intramolecular Hbond substituents is 1. The Balaban J connectivity index is 1.75. The third kappa shape index (κ3) is 5.49. The Morgan fingerprint density at radius 1 is 1.16 bits per heavy atom. The zero-order valence-electron chi connectivity index (χ0n) is 13.6. The molecule has 2 N–H and O–H groups in total. The summed E-state index contributed by atoms with van der Waals surface area (Å²) in [5.74, 6) is -1.49. The van der Waals surface area contributed by atoms with E-state index in [1.807, 2.05) is 0 Å². The highest BCUT2D eigenvalue weighted by atomic mass is 19.1. The van der Waals surface area contributed by atoms with Crippen molar-refractivity contribution in [1.82, 2.24) is 5.32 Å². The lowest BCUT2D eigenvalue weighted by Crippen LogP contribution is -2.30. The molecule has 2 rings (SSSR count). The van der Waals surface area contributed by atoms with E-state index < -0.39 is 18.5 Å². The maximum atomic E-state index is 12.8. The molecule has 0 radical (unpaired) electrons. The summed E-state index contributed by atoms with van der Waals surface area (Å²) < 4.78 is 22.6. The Morgan fingerprint density at radius 2 is 1.88 bits per heavy atom. The number of methoxy groups -OCH3 is 1. The molecule has 7 heteroatoms. The van der Waals surface area contributed by atoms with Gasteiger partial charge in [0.15, 0.2) is 6.61 Å². The van der Waals surface area contributed by atoms with E-state index in [-0.39, 0.29) is 17.1 Å². The summed E-state index contributed by atoms with van der Waals surface area (Å²) >= 11 is 0. The van der Waals surface area contributed by atoms with Crippen LogP contribution in [0.3, 0.4) is 0 Å². The van der Waals surface area contributed by atoms with Crippen molar-refractivity contribution < 1.29 is 28.6 Å². The van der Waals surface area contributed by atoms with Gasteiger partial charge in [0, 0.05) is 12.6 Å². The molecule has 25 heavy (non-hydrogen) atoms. The van der Waals surface area contributed by atoms with Crippen LogP contribution >= 0.6 is 0 Å². The second kappa shape index (κ2) is 8.68. The lowest BCUT2D eigenvalue weighted by Gasteiger charge is -2.08. The van der Waals surface area contributed by atoms with E-state index in [1.165, 1.54) is 37.4 Å². The van der Waals surface area contributed by atoms with Gasteiger partial charge in [0.05, 0.1) is 7.11 Å². The summed E-state index contributed by atoms with van der Waals surface area (Å²) in [5, 5.41) is 12.3. The summed E-state index contributed by atoms with van der Waals surface area (Å²) in [7, 11) is 1.43. The van der Waals surface area contributed by atoms with E-state index in [1.54, 1.807) is 12.1 Å². The van der Waals surface area contributed by atoms with Crippen LogP contribution in [0.4, 0.5) is 4.39 Å². The summed E-state index contributed by atoms with van der Waals surface area (Å²) in [6, 6.07) is 10.1. The Bertz CT molecular complexity index is 746. The number of carbonyl (C=O) groups is 2. The molecule has 2 aromatic carbocycles. The minimum Gasteiger partial charge on any atom is -0.507 e. The van der Waals surface area contributed by atoms with Gasteiger partial charge in [0.1, 0.15) is 22.9 Å². The zero-order valence-corrected chi connectivity index (χ0v) is 13.6. The number of phenols is 1. The van der Waals surface area contributed by atoms with Gasteiger partial charge in [0.25, 0.3) is 5.91 Å². The first-order valence-corrected chi connectivity index (χ1v) is 7.55. The summed E-state index contributed by atoms with van der Waals surface area (Å²) in [6.45, 7) is -0.135. The van der Waals surface area contributed by atoms with Crippen LogP contribution in [0.15, 0.2) is 42.5 Å². The highest BCUT2D eigenvalue weighted by molar-refractivity contribution is 5.94. The predicted molar refractivity (Wildman–Crippen MR) is 88.1 cm³/mol. The second-order valence-electron chi connectivity index (χ2n) is 5.19. The fourth-order valence-electron chi connectivity index (χ4n) is 2.07. The number of rotatable bonds is 7. The predicted octanol–water partition coefficient (Wildman–Crippen LogP) is 2.06. The number of ether oxygens (including phenoxy) is 2. The standard InChI is InChI=1S/C18H18FNO5/c1-24-14-6-7-15(16(21)10-14)18(23)25-11-17(22)20-9-8-12-2-4-13(19)5-3-12/h2-7,10,21H,8-9,11H2,1H3,(H,20,22). The molecule has 0 spiro atoms. The molecule has 0 saturated carbocycles. The number of hydrogen-bond donors (Lipinski definition) is 2. The van der Waals surface area contributed by atoms with Crippen LogP contribution in [0.25, 0.3) is 0 Å². The number of halogens is 1. The molecule has 1 amide bonds. The van der Waals surface area contributed by atoms with Gasteiger partial charge in [-0.1, -0.05) is 12.1 Å². The maximum Gasteiger partial charge on any atom is 0.342 e. The number of nitrogens with one attached hydrogen (secondary N) is 1. The minimum atomic E-state index is -0.811. The molecule has 2 aromatic rings. The van der Waals surface area contributed by atoms with Crippen molar-refractivity contribution in [2.24, 2.45) is 0 Å². The van der Waals surface area contributed by atoms with Crippen LogP contribution in [0.5, 0.6) is 11.5 Å². The van der Waals surface area contributed by atoms with Crippen molar-refractivity contribution in [3.63, 3.8) is 0 Å². The number of esters is 1. The maximum absolute atomic E-state index is 12.8. The minimum absolute atomic E-state index is 0.0556. The van der Waals surface area contributed by atoms with Crippen molar-refractivity contribution >= 4 is 11.9 Å². The first-order valence-electron chi connectivity index (χ1n) is 7.55. The van der Waals surface area contributed by atoms with E-state index in [4.69, 9.17) is 9.47 Å². The molecule has 0 aliphatic heterocycles. The summed E-state index contributed by atoms with van der Waals surface area (Å²) in [4.78, 5) is 23.5. The van der Waals surface area contributed by atoms with Crippen molar-refractivity contribution in [3.8, 4) is 11.5 Å². The Hall–Kier alpha value is -3.09. The quantitative estimate of drug-likeness (QED) is 0.749. The fraction of sp³-hybridized carbons (Fsp3) is 0.222. The molecule has 0 aromatic heterocycles. The smallest absolute Gasteiger partial charge is 0.342 e. The van der Waals surface area contributed by atoms with Crippen molar-refractivity contribution in [2.75, 3.05) is 20.3 Å². The average molecular weight is 347 g/mol. The lowest BCUT2D eigenvalue weighted by molar-refractivity contribution is -0.124. The molecule has 132 valence electrons. The normalized spacial score (nSPS) is 10.2. The second-order valence-corrected chi connectivity index (χ2v) is 5.19. The van der Waals surface area contributed by atoms with Crippen LogP contribution in [-0.2, 0) is 16.0 Å². The average Bonchev–Trinajstić information content (AvgIpc) is 2.61. The largest absolute Gasteiger partial charge is 0.507 e. The van der Waals surface area contributed by atoms with Gasteiger partial charge in [-0.2, -0.15) is 0 Å². The van der Waals surface area contributed by atoms with Crippen LogP contribution in [-0.4, -0.2) is 37.2 Å². The van der Waals surface area contributed by atoms with E-state index >= 15 is 0 Å². The molecule has 0 aliphatic rings. The van der Waals surface area contributed by atoms with E-state index in [0.29, 0.717) is 18.7 Å². The Kier molecular flexibility index (Phi) is 6.33. The highest BCUT2D eigenvalue weighted by Crippen LogP contribution is 2.23. The Morgan fingerprint density at radius 3 is 2.52 bits per heavy atom. The molecule has 0 atom stereocenters. The SMILES string of the molecule is COc1ccc(C(=O)OCC(=O)NCCc2ccc(F)cc2)c(O)c1. The topological polar surface area (TPSA) is 84.9 Å². The highest BCUT2D eigenvalue weighted by Gasteiger charge is 2.15. The number of benzene rings is 2. The molecule has 0 aliphatic carbocycles.